The smallest absolute Gasteiger partial charge is 0.339 e. The minimum Gasteiger partial charge on any atom is -0.478 e. The first-order chi connectivity index (χ1) is 14.5. The molecule has 1 unspecified atom stereocenters. The van der Waals surface area contributed by atoms with E-state index < -0.39 is 5.97 Å². The van der Waals surface area contributed by atoms with Crippen molar-refractivity contribution in [2.75, 3.05) is 23.3 Å². The molecule has 1 atom stereocenters. The number of nitrogens with one attached hydrogen (secondary N) is 1. The molecular weight excluding hydrogens is 402 g/mol. The van der Waals surface area contributed by atoms with Gasteiger partial charge in [-0.25, -0.2) is 9.78 Å². The summed E-state index contributed by atoms with van der Waals surface area (Å²) in [6.07, 6.45) is 2.42. The van der Waals surface area contributed by atoms with E-state index >= 15 is 0 Å². The quantitative estimate of drug-likeness (QED) is 0.625. The Morgan fingerprint density at radius 2 is 1.83 bits per heavy atom. The Morgan fingerprint density at radius 3 is 2.53 bits per heavy atom. The van der Waals surface area contributed by atoms with E-state index in [1.165, 1.54) is 17.8 Å². The van der Waals surface area contributed by atoms with Gasteiger partial charge in [-0.3, -0.25) is 4.79 Å². The standard InChI is InChI=1S/C23H20ClN3O3/c24-18-8-6-16(7-9-18)22(28)26-19-12-20(23(29)30)21(25-13-19)27-11-10-17(14-27)15-4-2-1-3-5-15/h1-9,12-13,17H,10-11,14H2,(H,26,28)(H,29,30). The monoisotopic (exact) mass is 421 g/mol. The van der Waals surface area contributed by atoms with Gasteiger partial charge in [-0.2, -0.15) is 0 Å². The van der Waals surface area contributed by atoms with Crippen molar-refractivity contribution < 1.29 is 14.7 Å². The van der Waals surface area contributed by atoms with Crippen LogP contribution in [0.5, 0.6) is 0 Å². The second-order valence-corrected chi connectivity index (χ2v) is 7.64. The molecule has 7 heteroatoms. The third kappa shape index (κ3) is 4.28. The minimum atomic E-state index is -1.08. The number of pyridine rings is 1. The summed E-state index contributed by atoms with van der Waals surface area (Å²) in [5.74, 6) is -0.685. The van der Waals surface area contributed by atoms with E-state index in [0.717, 1.165) is 13.0 Å². The molecule has 0 bridgehead atoms. The SMILES string of the molecule is O=C(Nc1cnc(N2CCC(c3ccccc3)C2)c(C(=O)O)c1)c1ccc(Cl)cc1. The lowest BCUT2D eigenvalue weighted by Crippen LogP contribution is -2.23. The van der Waals surface area contributed by atoms with Gasteiger partial charge in [0.25, 0.3) is 5.91 Å². The molecule has 30 heavy (non-hydrogen) atoms. The number of amides is 1. The van der Waals surface area contributed by atoms with Crippen LogP contribution in [0.25, 0.3) is 0 Å². The Hall–Kier alpha value is -3.38. The van der Waals surface area contributed by atoms with Gasteiger partial charge in [0.05, 0.1) is 11.9 Å². The van der Waals surface area contributed by atoms with Crippen LogP contribution in [0.1, 0.15) is 38.6 Å². The second kappa shape index (κ2) is 8.55. The number of carboxylic acid groups (broad SMARTS) is 1. The van der Waals surface area contributed by atoms with Gasteiger partial charge in [-0.15, -0.1) is 0 Å². The molecule has 3 aromatic rings. The molecule has 2 heterocycles. The number of aromatic carboxylic acids is 1. The molecule has 1 aliphatic rings. The largest absolute Gasteiger partial charge is 0.478 e. The van der Waals surface area contributed by atoms with Gasteiger partial charge in [-0.05, 0) is 42.3 Å². The average Bonchev–Trinajstić information content (AvgIpc) is 3.25. The number of anilines is 2. The lowest BCUT2D eigenvalue weighted by Gasteiger charge is -2.20. The van der Waals surface area contributed by atoms with E-state index in [-0.39, 0.29) is 11.5 Å². The summed E-state index contributed by atoms with van der Waals surface area (Å²) in [4.78, 5) is 30.7. The molecule has 6 nitrogen and oxygen atoms in total. The molecule has 152 valence electrons. The van der Waals surface area contributed by atoms with Crippen molar-refractivity contribution in [3.63, 3.8) is 0 Å². The number of halogens is 1. The van der Waals surface area contributed by atoms with Crippen LogP contribution in [-0.4, -0.2) is 35.1 Å². The van der Waals surface area contributed by atoms with E-state index in [1.807, 2.05) is 23.1 Å². The first-order valence-corrected chi connectivity index (χ1v) is 9.99. The Kier molecular flexibility index (Phi) is 5.68. The first kappa shape index (κ1) is 19.9. The molecule has 1 amide bonds. The lowest BCUT2D eigenvalue weighted by atomic mass is 9.99. The highest BCUT2D eigenvalue weighted by Gasteiger charge is 2.28. The Bertz CT molecular complexity index is 1070. The average molecular weight is 422 g/mol. The number of rotatable bonds is 5. The molecule has 4 rings (SSSR count). The van der Waals surface area contributed by atoms with Crippen LogP contribution in [-0.2, 0) is 0 Å². The lowest BCUT2D eigenvalue weighted by molar-refractivity contribution is 0.0697. The molecule has 0 aliphatic carbocycles. The zero-order valence-electron chi connectivity index (χ0n) is 16.1. The van der Waals surface area contributed by atoms with Crippen LogP contribution in [0.4, 0.5) is 11.5 Å². The van der Waals surface area contributed by atoms with Gasteiger partial charge in [0.1, 0.15) is 11.4 Å². The molecular formula is C23H20ClN3O3. The molecule has 1 fully saturated rings. The topological polar surface area (TPSA) is 82.5 Å². The van der Waals surface area contributed by atoms with Gasteiger partial charge in [0, 0.05) is 29.6 Å². The van der Waals surface area contributed by atoms with Gasteiger partial charge < -0.3 is 15.3 Å². The van der Waals surface area contributed by atoms with E-state index in [9.17, 15) is 14.7 Å². The molecule has 1 aliphatic heterocycles. The highest BCUT2D eigenvalue weighted by atomic mass is 35.5. The maximum atomic E-state index is 12.4. The number of carboxylic acids is 1. The Morgan fingerprint density at radius 1 is 1.10 bits per heavy atom. The molecule has 0 radical (unpaired) electrons. The Balaban J connectivity index is 1.53. The number of hydrogen-bond acceptors (Lipinski definition) is 4. The predicted molar refractivity (Wildman–Crippen MR) is 117 cm³/mol. The van der Waals surface area contributed by atoms with E-state index in [1.54, 1.807) is 24.3 Å². The fourth-order valence-electron chi connectivity index (χ4n) is 3.69. The van der Waals surface area contributed by atoms with Crippen LogP contribution < -0.4 is 10.2 Å². The number of benzene rings is 2. The third-order valence-corrected chi connectivity index (χ3v) is 5.47. The number of aromatic nitrogens is 1. The van der Waals surface area contributed by atoms with Crippen molar-refractivity contribution in [3.05, 3.63) is 88.6 Å². The molecule has 2 aromatic carbocycles. The predicted octanol–water partition coefficient (Wildman–Crippen LogP) is 4.68. The molecule has 1 saturated heterocycles. The van der Waals surface area contributed by atoms with Gasteiger partial charge >= 0.3 is 5.97 Å². The third-order valence-electron chi connectivity index (χ3n) is 5.22. The van der Waals surface area contributed by atoms with E-state index in [2.05, 4.69) is 22.4 Å². The van der Waals surface area contributed by atoms with Crippen molar-refractivity contribution in [2.24, 2.45) is 0 Å². The first-order valence-electron chi connectivity index (χ1n) is 9.61. The summed E-state index contributed by atoms with van der Waals surface area (Å²) < 4.78 is 0. The number of carbonyl (C=O) groups excluding carboxylic acids is 1. The van der Waals surface area contributed by atoms with Crippen LogP contribution in [0.2, 0.25) is 5.02 Å². The van der Waals surface area contributed by atoms with Crippen LogP contribution >= 0.6 is 11.6 Å². The van der Waals surface area contributed by atoms with Crippen molar-refractivity contribution in [1.29, 1.82) is 0 Å². The Labute approximate surface area is 179 Å². The van der Waals surface area contributed by atoms with Gasteiger partial charge in [0.15, 0.2) is 0 Å². The molecule has 0 spiro atoms. The highest BCUT2D eigenvalue weighted by Crippen LogP contribution is 2.32. The number of hydrogen-bond donors (Lipinski definition) is 2. The minimum absolute atomic E-state index is 0.0672. The van der Waals surface area contributed by atoms with Gasteiger partial charge in [0.2, 0.25) is 0 Å². The summed E-state index contributed by atoms with van der Waals surface area (Å²) in [5, 5.41) is 13.0. The highest BCUT2D eigenvalue weighted by molar-refractivity contribution is 6.30. The fourth-order valence-corrected chi connectivity index (χ4v) is 3.82. The van der Waals surface area contributed by atoms with Crippen molar-refractivity contribution in [3.8, 4) is 0 Å². The van der Waals surface area contributed by atoms with Crippen molar-refractivity contribution in [2.45, 2.75) is 12.3 Å². The van der Waals surface area contributed by atoms with Crippen molar-refractivity contribution >= 4 is 35.0 Å². The summed E-state index contributed by atoms with van der Waals surface area (Å²) in [6, 6.07) is 18.1. The molecule has 1 aromatic heterocycles. The summed E-state index contributed by atoms with van der Waals surface area (Å²) >= 11 is 5.85. The van der Waals surface area contributed by atoms with Crippen molar-refractivity contribution in [1.82, 2.24) is 4.98 Å². The van der Waals surface area contributed by atoms with Gasteiger partial charge in [-0.1, -0.05) is 41.9 Å². The fraction of sp³-hybridized carbons (Fsp3) is 0.174. The number of nitrogens with zero attached hydrogens (tertiary/aromatic N) is 2. The van der Waals surface area contributed by atoms with Crippen LogP contribution in [0, 0.1) is 0 Å². The van der Waals surface area contributed by atoms with E-state index in [4.69, 9.17) is 11.6 Å². The van der Waals surface area contributed by atoms with Crippen LogP contribution in [0.3, 0.4) is 0 Å². The second-order valence-electron chi connectivity index (χ2n) is 7.20. The zero-order valence-corrected chi connectivity index (χ0v) is 16.8. The summed E-state index contributed by atoms with van der Waals surface area (Å²) in [6.45, 7) is 1.43. The number of carbonyl (C=O) groups is 2. The normalized spacial score (nSPS) is 15.8. The molecule has 2 N–H and O–H groups in total. The van der Waals surface area contributed by atoms with E-state index in [0.29, 0.717) is 34.6 Å². The zero-order chi connectivity index (χ0) is 21.1. The summed E-state index contributed by atoms with van der Waals surface area (Å²) in [7, 11) is 0. The van der Waals surface area contributed by atoms with Crippen LogP contribution in [0.15, 0.2) is 66.9 Å². The maximum absolute atomic E-state index is 12.4. The summed E-state index contributed by atoms with van der Waals surface area (Å²) in [5.41, 5.74) is 2.06. The molecule has 0 saturated carbocycles. The maximum Gasteiger partial charge on any atom is 0.339 e.